The molecule has 0 saturated carbocycles. The van der Waals surface area contributed by atoms with Gasteiger partial charge in [-0.05, 0) is 67.7 Å². The highest BCUT2D eigenvalue weighted by molar-refractivity contribution is 8.16. The van der Waals surface area contributed by atoms with E-state index in [0.717, 1.165) is 0 Å². The SMILES string of the molecule is CCOc1ccc(C(C)=O)cc1COC(=O)c1ccc(C2SCCCS2)cc1. The molecule has 1 aliphatic heterocycles. The molecule has 0 amide bonds. The first-order chi connectivity index (χ1) is 13.6. The van der Waals surface area contributed by atoms with Crippen LogP contribution in [-0.4, -0.2) is 29.9 Å². The molecule has 1 fully saturated rings. The molecule has 1 aliphatic rings. The van der Waals surface area contributed by atoms with E-state index in [1.807, 2.05) is 54.7 Å². The van der Waals surface area contributed by atoms with Gasteiger partial charge in [0.05, 0.1) is 16.8 Å². The largest absolute Gasteiger partial charge is 0.493 e. The third-order valence-electron chi connectivity index (χ3n) is 4.37. The van der Waals surface area contributed by atoms with E-state index >= 15 is 0 Å². The maximum Gasteiger partial charge on any atom is 0.338 e. The molecular formula is C22H24O4S2. The van der Waals surface area contributed by atoms with Crippen molar-refractivity contribution in [3.8, 4) is 5.75 Å². The fourth-order valence-corrected chi connectivity index (χ4v) is 5.79. The molecular weight excluding hydrogens is 392 g/mol. The molecule has 1 saturated heterocycles. The summed E-state index contributed by atoms with van der Waals surface area (Å²) in [6.45, 7) is 3.96. The second kappa shape index (κ2) is 10.0. The van der Waals surface area contributed by atoms with Gasteiger partial charge in [0.15, 0.2) is 5.78 Å². The molecule has 0 unspecified atom stereocenters. The Morgan fingerprint density at radius 1 is 1.04 bits per heavy atom. The molecule has 148 valence electrons. The van der Waals surface area contributed by atoms with Crippen LogP contribution in [0.1, 0.15) is 56.7 Å². The summed E-state index contributed by atoms with van der Waals surface area (Å²) < 4.78 is 11.5. The zero-order chi connectivity index (χ0) is 19.9. The van der Waals surface area contributed by atoms with E-state index in [4.69, 9.17) is 9.47 Å². The van der Waals surface area contributed by atoms with Crippen molar-refractivity contribution in [3.63, 3.8) is 0 Å². The highest BCUT2D eigenvalue weighted by Gasteiger charge is 2.17. The molecule has 0 N–H and O–H groups in total. The van der Waals surface area contributed by atoms with Crippen molar-refractivity contribution in [2.75, 3.05) is 18.1 Å². The molecule has 0 aliphatic carbocycles. The first kappa shape index (κ1) is 20.8. The van der Waals surface area contributed by atoms with E-state index in [1.165, 1.54) is 30.4 Å². The summed E-state index contributed by atoms with van der Waals surface area (Å²) in [5, 5.41) is 0. The smallest absolute Gasteiger partial charge is 0.338 e. The number of rotatable bonds is 7. The number of thioether (sulfide) groups is 2. The summed E-state index contributed by atoms with van der Waals surface area (Å²) in [5.41, 5.74) is 3.02. The van der Waals surface area contributed by atoms with Crippen LogP contribution in [-0.2, 0) is 11.3 Å². The van der Waals surface area contributed by atoms with Crippen LogP contribution in [0.25, 0.3) is 0 Å². The first-order valence-corrected chi connectivity index (χ1v) is 11.4. The molecule has 0 atom stereocenters. The quantitative estimate of drug-likeness (QED) is 0.438. The van der Waals surface area contributed by atoms with Crippen molar-refractivity contribution in [2.45, 2.75) is 31.5 Å². The van der Waals surface area contributed by atoms with Gasteiger partial charge in [0.2, 0.25) is 0 Å². The second-order valence-electron chi connectivity index (χ2n) is 6.44. The molecule has 0 bridgehead atoms. The minimum absolute atomic E-state index is 0.0373. The van der Waals surface area contributed by atoms with Gasteiger partial charge < -0.3 is 9.47 Å². The summed E-state index contributed by atoms with van der Waals surface area (Å²) >= 11 is 3.91. The van der Waals surface area contributed by atoms with Gasteiger partial charge in [-0.25, -0.2) is 4.79 Å². The Morgan fingerprint density at radius 3 is 2.36 bits per heavy atom. The normalized spacial score (nSPS) is 14.5. The lowest BCUT2D eigenvalue weighted by Gasteiger charge is -2.21. The van der Waals surface area contributed by atoms with Crippen LogP contribution in [0.2, 0.25) is 0 Å². The Kier molecular flexibility index (Phi) is 7.45. The standard InChI is InChI=1S/C22H24O4S2/c1-3-25-20-10-9-18(15(2)23)13-19(20)14-26-21(24)16-5-7-17(8-6-16)22-27-11-4-12-28-22/h5-10,13,22H,3-4,11-12,14H2,1-2H3. The fourth-order valence-electron chi connectivity index (χ4n) is 2.89. The topological polar surface area (TPSA) is 52.6 Å². The summed E-state index contributed by atoms with van der Waals surface area (Å²) in [6.07, 6.45) is 1.25. The van der Waals surface area contributed by atoms with Crippen molar-refractivity contribution >= 4 is 35.3 Å². The molecule has 6 heteroatoms. The van der Waals surface area contributed by atoms with Gasteiger partial charge in [-0.15, -0.1) is 23.5 Å². The lowest BCUT2D eigenvalue weighted by Crippen LogP contribution is -2.08. The lowest BCUT2D eigenvalue weighted by atomic mass is 10.1. The van der Waals surface area contributed by atoms with Crippen LogP contribution in [0.4, 0.5) is 0 Å². The number of esters is 1. The zero-order valence-electron chi connectivity index (χ0n) is 16.1. The van der Waals surface area contributed by atoms with Crippen molar-refractivity contribution < 1.29 is 19.1 Å². The maximum absolute atomic E-state index is 12.5. The number of ketones is 1. The Balaban J connectivity index is 1.66. The highest BCUT2D eigenvalue weighted by atomic mass is 32.2. The number of ether oxygens (including phenoxy) is 2. The second-order valence-corrected chi connectivity index (χ2v) is 9.16. The molecule has 1 heterocycles. The highest BCUT2D eigenvalue weighted by Crippen LogP contribution is 2.43. The number of benzene rings is 2. The Morgan fingerprint density at radius 2 is 1.71 bits per heavy atom. The van der Waals surface area contributed by atoms with Crippen LogP contribution in [0.5, 0.6) is 5.75 Å². The molecule has 2 aromatic rings. The predicted octanol–water partition coefficient (Wildman–Crippen LogP) is 5.51. The van der Waals surface area contributed by atoms with E-state index in [0.29, 0.717) is 33.6 Å². The maximum atomic E-state index is 12.5. The molecule has 2 aromatic carbocycles. The van der Waals surface area contributed by atoms with Crippen LogP contribution >= 0.6 is 23.5 Å². The minimum Gasteiger partial charge on any atom is -0.493 e. The number of hydrogen-bond donors (Lipinski definition) is 0. The van der Waals surface area contributed by atoms with Crippen LogP contribution in [0.15, 0.2) is 42.5 Å². The summed E-state index contributed by atoms with van der Waals surface area (Å²) in [7, 11) is 0. The average molecular weight is 417 g/mol. The van der Waals surface area contributed by atoms with E-state index in [2.05, 4.69) is 0 Å². The van der Waals surface area contributed by atoms with Crippen LogP contribution in [0, 0.1) is 0 Å². The summed E-state index contributed by atoms with van der Waals surface area (Å²) in [5.74, 6) is 2.57. The van der Waals surface area contributed by atoms with Gasteiger partial charge in [0.1, 0.15) is 12.4 Å². The minimum atomic E-state index is -0.383. The third-order valence-corrected chi connectivity index (χ3v) is 7.39. The molecule has 0 radical (unpaired) electrons. The van der Waals surface area contributed by atoms with Gasteiger partial charge in [-0.1, -0.05) is 12.1 Å². The number of carbonyl (C=O) groups excluding carboxylic acids is 2. The number of carbonyl (C=O) groups is 2. The van der Waals surface area contributed by atoms with Gasteiger partial charge >= 0.3 is 5.97 Å². The van der Waals surface area contributed by atoms with Gasteiger partial charge in [-0.3, -0.25) is 4.79 Å². The number of hydrogen-bond acceptors (Lipinski definition) is 6. The Bertz CT molecular complexity index is 827. The summed E-state index contributed by atoms with van der Waals surface area (Å²) in [6, 6.07) is 12.9. The lowest BCUT2D eigenvalue weighted by molar-refractivity contribution is 0.0469. The summed E-state index contributed by atoms with van der Waals surface area (Å²) in [4.78, 5) is 24.1. The molecule has 4 nitrogen and oxygen atoms in total. The molecule has 3 rings (SSSR count). The van der Waals surface area contributed by atoms with Crippen molar-refractivity contribution in [1.29, 1.82) is 0 Å². The molecule has 0 aromatic heterocycles. The van der Waals surface area contributed by atoms with Crippen molar-refractivity contribution in [2.24, 2.45) is 0 Å². The molecule has 0 spiro atoms. The predicted molar refractivity (Wildman–Crippen MR) is 115 cm³/mol. The van der Waals surface area contributed by atoms with E-state index in [-0.39, 0.29) is 18.4 Å². The van der Waals surface area contributed by atoms with E-state index in [9.17, 15) is 9.59 Å². The monoisotopic (exact) mass is 416 g/mol. The molecule has 28 heavy (non-hydrogen) atoms. The van der Waals surface area contributed by atoms with E-state index < -0.39 is 0 Å². The Labute approximate surface area is 174 Å². The zero-order valence-corrected chi connectivity index (χ0v) is 17.7. The third kappa shape index (κ3) is 5.32. The van der Waals surface area contributed by atoms with Crippen LogP contribution < -0.4 is 4.74 Å². The first-order valence-electron chi connectivity index (χ1n) is 9.35. The van der Waals surface area contributed by atoms with Gasteiger partial charge in [0.25, 0.3) is 0 Å². The van der Waals surface area contributed by atoms with Gasteiger partial charge in [-0.2, -0.15) is 0 Å². The van der Waals surface area contributed by atoms with Crippen LogP contribution in [0.3, 0.4) is 0 Å². The van der Waals surface area contributed by atoms with Crippen molar-refractivity contribution in [3.05, 3.63) is 64.7 Å². The van der Waals surface area contributed by atoms with E-state index in [1.54, 1.807) is 18.2 Å². The van der Waals surface area contributed by atoms with Gasteiger partial charge in [0, 0.05) is 11.1 Å². The van der Waals surface area contributed by atoms with Crippen molar-refractivity contribution in [1.82, 2.24) is 0 Å². The number of Topliss-reactive ketones (excluding diaryl/α,β-unsaturated/α-hetero) is 1. The fraction of sp³-hybridized carbons (Fsp3) is 0.364. The average Bonchev–Trinajstić information content (AvgIpc) is 2.73. The Hall–Kier alpha value is -1.92.